The second-order valence-corrected chi connectivity index (χ2v) is 39.7. The lowest BCUT2D eigenvalue weighted by molar-refractivity contribution is 0.272. The Hall–Kier alpha value is -6.96. The molecule has 0 aromatic heterocycles. The van der Waals surface area contributed by atoms with Crippen LogP contribution in [0, 0.1) is 0 Å². The Morgan fingerprint density at radius 2 is 0.367 bits per heavy atom. The molecule has 0 radical (unpaired) electrons. The van der Waals surface area contributed by atoms with Gasteiger partial charge in [-0.05, 0) is 217 Å². The van der Waals surface area contributed by atoms with E-state index in [0.29, 0.717) is 67.5 Å². The molecule has 0 aliphatic rings. The van der Waals surface area contributed by atoms with Crippen molar-refractivity contribution in [3.05, 3.63) is 156 Å². The van der Waals surface area contributed by atoms with Gasteiger partial charge in [0.05, 0.1) is 34.1 Å². The van der Waals surface area contributed by atoms with E-state index in [2.05, 4.69) is 98.9 Å². The number of nitrogens with zero attached hydrogens (tertiary/aromatic N) is 12. The fourth-order valence-corrected chi connectivity index (χ4v) is 15.6. The van der Waals surface area contributed by atoms with Gasteiger partial charge in [0.1, 0.15) is 0 Å². The summed E-state index contributed by atoms with van der Waals surface area (Å²) >= 11 is 0. The topological polar surface area (TPSA) is 244 Å². The van der Waals surface area contributed by atoms with Gasteiger partial charge < -0.3 is 58.8 Å². The smallest absolute Gasteiger partial charge is 0.249 e. The van der Waals surface area contributed by atoms with Gasteiger partial charge in [-0.2, -0.15) is 0 Å². The maximum absolute atomic E-state index is 11.9. The Morgan fingerprint density at radius 3 is 0.558 bits per heavy atom. The molecule has 0 aliphatic carbocycles. The fraction of sp³-hybridized carbons (Fsp3) is 0.750. The van der Waals surface area contributed by atoms with E-state index in [0.717, 1.165) is 182 Å². The van der Waals surface area contributed by atoms with Crippen LogP contribution in [-0.4, -0.2) is 231 Å². The molecule has 0 unspecified atom stereocenters. The fourth-order valence-electron chi connectivity index (χ4n) is 15.6. The highest BCUT2D eigenvalue weighted by Crippen LogP contribution is 2.33. The molecule has 6 rings (SSSR count). The number of anilines is 6. The predicted molar refractivity (Wildman–Crippen MR) is 514 cm³/mol. The van der Waals surface area contributed by atoms with Gasteiger partial charge in [0, 0.05) is 115 Å². The summed E-state index contributed by atoms with van der Waals surface area (Å²) in [5.74, 6) is 0. The van der Waals surface area contributed by atoms with E-state index in [4.69, 9.17) is 0 Å². The Labute approximate surface area is 723 Å². The van der Waals surface area contributed by atoms with Gasteiger partial charge in [-0.1, -0.05) is 180 Å². The van der Waals surface area contributed by atoms with E-state index < -0.39 is 0 Å². The minimum absolute atomic E-state index is 0.254. The molecule has 0 fully saturated rings. The van der Waals surface area contributed by atoms with Crippen LogP contribution in [0.3, 0.4) is 0 Å². The lowest BCUT2D eigenvalue weighted by Crippen LogP contribution is -2.47. The molecule has 0 atom stereocenters. The first-order chi connectivity index (χ1) is 55.3. The Kier molecular flexibility index (Phi) is 45.8. The zero-order chi connectivity index (χ0) is 93.0. The van der Waals surface area contributed by atoms with Gasteiger partial charge >= 0.3 is 0 Å². The van der Waals surface area contributed by atoms with Gasteiger partial charge in [0.2, 0.25) is 65.1 Å². The van der Waals surface area contributed by atoms with Crippen LogP contribution < -0.4 is 94.5 Å². The van der Waals surface area contributed by atoms with Gasteiger partial charge in [-0.15, -0.1) is 0 Å². The van der Waals surface area contributed by atoms with Gasteiger partial charge in [-0.25, -0.2) is 0 Å². The predicted octanol–water partition coefficient (Wildman–Crippen LogP) is 10.5. The molecule has 0 amide bonds. The molecule has 0 aliphatic heterocycles. The summed E-state index contributed by atoms with van der Waals surface area (Å²) in [6.45, 7) is 72.6. The monoisotopic (exact) mass is 1680 g/mol. The van der Waals surface area contributed by atoms with E-state index in [1.54, 1.807) is 0 Å². The first-order valence-electron chi connectivity index (χ1n) is 44.7. The van der Waals surface area contributed by atoms with Crippen LogP contribution in [0.1, 0.15) is 278 Å². The summed E-state index contributed by atoms with van der Waals surface area (Å²) in [5, 5.41) is 0. The Balaban J connectivity index is 0.000000721. The summed E-state index contributed by atoms with van der Waals surface area (Å²) in [6.07, 6.45) is 10.6. The minimum atomic E-state index is -0.327. The van der Waals surface area contributed by atoms with Crippen molar-refractivity contribution < 1.29 is 0 Å². The quantitative estimate of drug-likeness (QED) is 0.0323. The van der Waals surface area contributed by atoms with E-state index in [1.165, 1.54) is 12.8 Å². The second kappa shape index (κ2) is 49.5. The maximum Gasteiger partial charge on any atom is 0.249 e. The van der Waals surface area contributed by atoms with Gasteiger partial charge in [-0.3, -0.25) is 57.5 Å². The second-order valence-electron chi connectivity index (χ2n) is 39.7. The lowest BCUT2D eigenvalue weighted by Gasteiger charge is -2.30. The van der Waals surface area contributed by atoms with Crippen molar-refractivity contribution in [1.29, 1.82) is 0 Å². The molecule has 0 saturated carbocycles. The van der Waals surface area contributed by atoms with Crippen molar-refractivity contribution in [2.75, 3.05) is 231 Å². The third-order valence-corrected chi connectivity index (χ3v) is 22.3. The van der Waals surface area contributed by atoms with Crippen LogP contribution in [0.15, 0.2) is 57.5 Å². The average molecular weight is 1680 g/mol. The third-order valence-electron chi connectivity index (χ3n) is 22.3. The van der Waals surface area contributed by atoms with Gasteiger partial charge in [0.15, 0.2) is 0 Å². The van der Waals surface area contributed by atoms with Crippen LogP contribution in [0.2, 0.25) is 0 Å². The third kappa shape index (κ3) is 32.0. The molecule has 0 bridgehead atoms. The standard InChI is InChI=1S/C18H32N2O2.C17H30N2O2.2C16H28N2O2.C15H26N2O2.C14H24N2O2/c1-7-10-20(11-8-2)13-9-12-19(6)15-14(18(3,4)5)16(21)17(15)22;1-7-10-19(8-2)12-9-11-18(6)14-13(17(3,4)5)15(20)16(14)21;1-7-9-17(5)10-8-11-18(6)13-12(16(2,3)4)14(19)15(13)20;1-7-18(8-2)11-9-10-17(6)13-12(16(3,4)5)14(19)15(13)20;1-7-16(5)9-8-10-17(6)12-11(15(2,3)4)13(18)14(12)19;1-14(2,3)10-11(13(18)12(10)17)16(6)9-7-8-15(4)5/h7-13H2,1-6H3;7-12H2,1-6H3;2*7-11H2,1-6H3;7-10H2,1-6H3;7-9H2,1-6H3. The summed E-state index contributed by atoms with van der Waals surface area (Å²) in [4.78, 5) is 167. The van der Waals surface area contributed by atoms with Crippen molar-refractivity contribution in [2.45, 2.75) is 277 Å². The zero-order valence-corrected chi connectivity index (χ0v) is 82.5. The highest BCUT2D eigenvalue weighted by atomic mass is 16.2. The van der Waals surface area contributed by atoms with E-state index >= 15 is 0 Å². The highest BCUT2D eigenvalue weighted by molar-refractivity contribution is 5.65. The molecule has 6 aromatic carbocycles. The van der Waals surface area contributed by atoms with Crippen molar-refractivity contribution in [3.63, 3.8) is 0 Å². The van der Waals surface area contributed by atoms with Crippen LogP contribution in [0.5, 0.6) is 0 Å². The van der Waals surface area contributed by atoms with Crippen LogP contribution >= 0.6 is 0 Å². The largest absolute Gasteiger partial charge is 0.371 e. The van der Waals surface area contributed by atoms with Crippen molar-refractivity contribution >= 4 is 34.1 Å². The number of hydrogen-bond donors (Lipinski definition) is 0. The molecule has 0 N–H and O–H groups in total. The SMILES string of the molecule is CCCN(C)CCCN(C)c1c(C(C)(C)C)c(=O)c1=O.CCCN(CC)CCCN(C)c1c(C(C)(C)C)c(=O)c1=O.CCCN(CCC)CCCN(C)c1c(C(C)(C)C)c(=O)c1=O.CCN(C)CCCN(C)c1c(C(C)(C)C)c(=O)c1=O.CCN(CC)CCCN(C)c1c(C(C)(C)C)c(=O)c1=O.CN(C)CCCN(C)c1c(C(C)(C)C)c(=O)c1=O. The van der Waals surface area contributed by atoms with Crippen molar-refractivity contribution in [2.24, 2.45) is 0 Å². The summed E-state index contributed by atoms with van der Waals surface area (Å²) < 4.78 is 0. The normalized spacial score (nSPS) is 12.3. The van der Waals surface area contributed by atoms with Crippen LogP contribution in [0.25, 0.3) is 0 Å². The zero-order valence-electron chi connectivity index (χ0n) is 82.5. The molecule has 0 saturated heterocycles. The van der Waals surface area contributed by atoms with E-state index in [1.807, 2.05) is 210 Å². The molecular formula is C96H168N12O12. The lowest BCUT2D eigenvalue weighted by atomic mass is 9.82. The minimum Gasteiger partial charge on any atom is -0.371 e. The molecule has 0 heterocycles. The summed E-state index contributed by atoms with van der Waals surface area (Å²) in [6, 6.07) is 0. The average Bonchev–Trinajstić information content (AvgIpc) is 0.784. The first-order valence-corrected chi connectivity index (χ1v) is 44.7. The van der Waals surface area contributed by atoms with E-state index in [9.17, 15) is 57.5 Å². The maximum atomic E-state index is 11.9. The summed E-state index contributed by atoms with van der Waals surface area (Å²) in [7, 11) is 19.7. The summed E-state index contributed by atoms with van der Waals surface area (Å²) in [5.41, 5.74) is 2.60. The first kappa shape index (κ1) is 111. The molecule has 24 heteroatoms. The van der Waals surface area contributed by atoms with Crippen molar-refractivity contribution in [1.82, 2.24) is 29.4 Å². The Bertz CT molecular complexity index is 4500. The van der Waals surface area contributed by atoms with Crippen LogP contribution in [-0.2, 0) is 32.5 Å². The molecule has 0 spiro atoms. The molecule has 24 nitrogen and oxygen atoms in total. The van der Waals surface area contributed by atoms with Gasteiger partial charge in [0.25, 0.3) is 0 Å². The van der Waals surface area contributed by atoms with Crippen LogP contribution in [0.4, 0.5) is 34.1 Å². The number of rotatable bonds is 42. The molecule has 684 valence electrons. The van der Waals surface area contributed by atoms with E-state index in [-0.39, 0.29) is 97.6 Å². The molecule has 120 heavy (non-hydrogen) atoms. The molecular weight excluding hydrogens is 1510 g/mol. The highest BCUT2D eigenvalue weighted by Gasteiger charge is 2.38. The van der Waals surface area contributed by atoms with Crippen molar-refractivity contribution in [3.8, 4) is 0 Å². The Morgan fingerprint density at radius 1 is 0.183 bits per heavy atom. The molecule has 6 aromatic rings. The number of hydrogen-bond acceptors (Lipinski definition) is 24.